The number of aromatic nitrogens is 1. The summed E-state index contributed by atoms with van der Waals surface area (Å²) >= 11 is 1.42. The molecule has 2 amide bonds. The highest BCUT2D eigenvalue weighted by Gasteiger charge is 2.09. The molecule has 0 unspecified atom stereocenters. The zero-order valence-electron chi connectivity index (χ0n) is 15.5. The van der Waals surface area contributed by atoms with Crippen molar-refractivity contribution in [1.29, 1.82) is 0 Å². The number of hydrogen-bond donors (Lipinski definition) is 2. The second-order valence-corrected chi connectivity index (χ2v) is 7.55. The summed E-state index contributed by atoms with van der Waals surface area (Å²) < 4.78 is 0. The zero-order chi connectivity index (χ0) is 18.7. The Morgan fingerprint density at radius 2 is 1.73 bits per heavy atom. The van der Waals surface area contributed by atoms with Crippen LogP contribution in [0.5, 0.6) is 0 Å². The molecule has 2 N–H and O–H groups in total. The lowest BCUT2D eigenvalue weighted by Crippen LogP contribution is -2.19. The predicted molar refractivity (Wildman–Crippen MR) is 110 cm³/mol. The van der Waals surface area contributed by atoms with Gasteiger partial charge in [0.05, 0.1) is 5.69 Å². The molecule has 0 atom stereocenters. The average molecular weight is 366 g/mol. The van der Waals surface area contributed by atoms with Crippen molar-refractivity contribution in [2.75, 3.05) is 10.6 Å². The lowest BCUT2D eigenvalue weighted by molar-refractivity contribution is 0.262. The van der Waals surface area contributed by atoms with Crippen molar-refractivity contribution in [3.8, 4) is 11.3 Å². The normalized spacial score (nSPS) is 10.8. The lowest BCUT2D eigenvalue weighted by Gasteiger charge is -2.07. The average Bonchev–Trinajstić information content (AvgIpc) is 3.06. The number of urea groups is 1. The van der Waals surface area contributed by atoms with Crippen LogP contribution in [0.25, 0.3) is 11.3 Å². The maximum absolute atomic E-state index is 12.2. The first kappa shape index (κ1) is 18.1. The maximum atomic E-state index is 12.2. The number of hydrogen-bond acceptors (Lipinski definition) is 3. The van der Waals surface area contributed by atoms with E-state index in [1.165, 1.54) is 22.5 Å². The first-order chi connectivity index (χ1) is 12.4. The van der Waals surface area contributed by atoms with E-state index in [1.54, 1.807) is 0 Å². The highest BCUT2D eigenvalue weighted by molar-refractivity contribution is 7.14. The van der Waals surface area contributed by atoms with E-state index in [2.05, 4.69) is 53.7 Å². The van der Waals surface area contributed by atoms with Crippen LogP contribution in [0.1, 0.15) is 36.5 Å². The van der Waals surface area contributed by atoms with Crippen LogP contribution in [0.2, 0.25) is 0 Å². The molecule has 0 saturated carbocycles. The van der Waals surface area contributed by atoms with Crippen molar-refractivity contribution in [3.63, 3.8) is 0 Å². The van der Waals surface area contributed by atoms with Gasteiger partial charge in [-0.2, -0.15) is 0 Å². The smallest absolute Gasteiger partial charge is 0.308 e. The molecule has 0 aliphatic heterocycles. The molecule has 0 fully saturated rings. The molecule has 0 spiro atoms. The molecule has 5 heteroatoms. The van der Waals surface area contributed by atoms with Gasteiger partial charge in [0.25, 0.3) is 0 Å². The minimum Gasteiger partial charge on any atom is -0.308 e. The number of rotatable bonds is 4. The van der Waals surface area contributed by atoms with E-state index >= 15 is 0 Å². The SMILES string of the molecule is Cc1ccc(NC(=O)Nc2nc(-c3ccc(C(C)C)cc3)cs2)cc1C. The Labute approximate surface area is 158 Å². The van der Waals surface area contributed by atoms with Crippen LogP contribution < -0.4 is 10.6 Å². The summed E-state index contributed by atoms with van der Waals surface area (Å²) in [6.45, 7) is 8.42. The van der Waals surface area contributed by atoms with Gasteiger partial charge in [-0.15, -0.1) is 11.3 Å². The summed E-state index contributed by atoms with van der Waals surface area (Å²) in [5.74, 6) is 0.505. The number of anilines is 2. The summed E-state index contributed by atoms with van der Waals surface area (Å²) in [6, 6.07) is 14.0. The molecule has 0 aliphatic rings. The molecule has 0 aliphatic carbocycles. The van der Waals surface area contributed by atoms with Crippen molar-refractivity contribution in [2.45, 2.75) is 33.6 Å². The van der Waals surface area contributed by atoms with E-state index in [4.69, 9.17) is 0 Å². The van der Waals surface area contributed by atoms with Gasteiger partial charge in [-0.3, -0.25) is 5.32 Å². The topological polar surface area (TPSA) is 54.0 Å². The van der Waals surface area contributed by atoms with Crippen molar-refractivity contribution < 1.29 is 4.79 Å². The highest BCUT2D eigenvalue weighted by Crippen LogP contribution is 2.26. The number of benzene rings is 2. The van der Waals surface area contributed by atoms with Gasteiger partial charge in [-0.05, 0) is 48.6 Å². The summed E-state index contributed by atoms with van der Waals surface area (Å²) in [7, 11) is 0. The molecule has 26 heavy (non-hydrogen) atoms. The highest BCUT2D eigenvalue weighted by atomic mass is 32.1. The number of thiazole rings is 1. The van der Waals surface area contributed by atoms with Crippen molar-refractivity contribution in [1.82, 2.24) is 4.98 Å². The number of carbonyl (C=O) groups excluding carboxylic acids is 1. The molecule has 0 radical (unpaired) electrons. The van der Waals surface area contributed by atoms with Crippen molar-refractivity contribution in [2.24, 2.45) is 0 Å². The molecule has 0 bridgehead atoms. The summed E-state index contributed by atoms with van der Waals surface area (Å²) in [4.78, 5) is 16.7. The van der Waals surface area contributed by atoms with Crippen molar-refractivity contribution >= 4 is 28.2 Å². The summed E-state index contributed by atoms with van der Waals surface area (Å²) in [6.07, 6.45) is 0. The molecular weight excluding hydrogens is 342 g/mol. The quantitative estimate of drug-likeness (QED) is 0.579. The molecule has 3 rings (SSSR count). The molecular formula is C21H23N3OS. The van der Waals surface area contributed by atoms with E-state index in [0.29, 0.717) is 11.0 Å². The van der Waals surface area contributed by atoms with Gasteiger partial charge in [0.1, 0.15) is 0 Å². The second-order valence-electron chi connectivity index (χ2n) is 6.69. The molecule has 2 aromatic carbocycles. The van der Waals surface area contributed by atoms with Gasteiger partial charge >= 0.3 is 6.03 Å². The first-order valence-electron chi connectivity index (χ1n) is 8.63. The fraction of sp³-hybridized carbons (Fsp3) is 0.238. The predicted octanol–water partition coefficient (Wildman–Crippen LogP) is 6.19. The van der Waals surface area contributed by atoms with Crippen LogP contribution in [0.3, 0.4) is 0 Å². The molecule has 1 heterocycles. The minimum atomic E-state index is -0.288. The van der Waals surface area contributed by atoms with Crippen LogP contribution >= 0.6 is 11.3 Å². The number of nitrogens with zero attached hydrogens (tertiary/aromatic N) is 1. The van der Waals surface area contributed by atoms with E-state index in [1.807, 2.05) is 37.4 Å². The van der Waals surface area contributed by atoms with Gasteiger partial charge in [0.2, 0.25) is 0 Å². The Morgan fingerprint density at radius 3 is 2.38 bits per heavy atom. The van der Waals surface area contributed by atoms with Crippen molar-refractivity contribution in [3.05, 3.63) is 64.5 Å². The van der Waals surface area contributed by atoms with E-state index in [0.717, 1.165) is 22.5 Å². The number of amides is 2. The summed E-state index contributed by atoms with van der Waals surface area (Å²) in [5.41, 5.74) is 6.33. The Balaban J connectivity index is 1.65. The van der Waals surface area contributed by atoms with E-state index < -0.39 is 0 Å². The Bertz CT molecular complexity index is 913. The molecule has 134 valence electrons. The first-order valence-corrected chi connectivity index (χ1v) is 9.51. The zero-order valence-corrected chi connectivity index (χ0v) is 16.3. The lowest BCUT2D eigenvalue weighted by atomic mass is 10.0. The number of aryl methyl sites for hydroxylation is 2. The second kappa shape index (κ2) is 7.70. The monoisotopic (exact) mass is 365 g/mol. The molecule has 3 aromatic rings. The van der Waals surface area contributed by atoms with Crippen LogP contribution in [-0.2, 0) is 0 Å². The van der Waals surface area contributed by atoms with Gasteiger partial charge < -0.3 is 5.32 Å². The third-order valence-electron chi connectivity index (χ3n) is 4.36. The Morgan fingerprint density at radius 1 is 1.00 bits per heavy atom. The largest absolute Gasteiger partial charge is 0.325 e. The van der Waals surface area contributed by atoms with E-state index in [-0.39, 0.29) is 6.03 Å². The third kappa shape index (κ3) is 4.29. The third-order valence-corrected chi connectivity index (χ3v) is 5.12. The molecule has 4 nitrogen and oxygen atoms in total. The van der Waals surface area contributed by atoms with E-state index in [9.17, 15) is 4.79 Å². The van der Waals surface area contributed by atoms with Crippen LogP contribution in [0, 0.1) is 13.8 Å². The fourth-order valence-electron chi connectivity index (χ4n) is 2.58. The Kier molecular flexibility index (Phi) is 5.38. The van der Waals surface area contributed by atoms with Gasteiger partial charge in [0.15, 0.2) is 5.13 Å². The van der Waals surface area contributed by atoms with Gasteiger partial charge in [0, 0.05) is 16.6 Å². The number of carbonyl (C=O) groups is 1. The van der Waals surface area contributed by atoms with Crippen LogP contribution in [0.4, 0.5) is 15.6 Å². The standard InChI is InChI=1S/C21H23N3OS/c1-13(2)16-6-8-17(9-7-16)19-12-26-21(23-19)24-20(25)22-18-10-5-14(3)15(4)11-18/h5-13H,1-4H3,(H2,22,23,24,25). The summed E-state index contributed by atoms with van der Waals surface area (Å²) in [5, 5.41) is 8.18. The minimum absolute atomic E-state index is 0.288. The van der Waals surface area contributed by atoms with Gasteiger partial charge in [-0.25, -0.2) is 9.78 Å². The Hall–Kier alpha value is -2.66. The van der Waals surface area contributed by atoms with Crippen LogP contribution in [-0.4, -0.2) is 11.0 Å². The van der Waals surface area contributed by atoms with Crippen LogP contribution in [0.15, 0.2) is 47.8 Å². The van der Waals surface area contributed by atoms with Gasteiger partial charge in [-0.1, -0.05) is 44.2 Å². The molecule has 1 aromatic heterocycles. The molecule has 0 saturated heterocycles. The fourth-order valence-corrected chi connectivity index (χ4v) is 3.30. The number of nitrogens with one attached hydrogen (secondary N) is 2. The maximum Gasteiger partial charge on any atom is 0.325 e.